The molecule has 24 heavy (non-hydrogen) atoms. The van der Waals surface area contributed by atoms with Gasteiger partial charge in [0.1, 0.15) is 5.82 Å². The van der Waals surface area contributed by atoms with Crippen LogP contribution in [-0.4, -0.2) is 46.0 Å². The molecule has 1 amide bonds. The number of ether oxygens (including phenoxy) is 1. The first-order valence-corrected chi connectivity index (χ1v) is 8.19. The van der Waals surface area contributed by atoms with E-state index in [9.17, 15) is 4.79 Å². The number of carbonyl (C=O) groups is 1. The summed E-state index contributed by atoms with van der Waals surface area (Å²) in [6.45, 7) is 3.88. The number of methoxy groups -OCH3 is 1. The Labute approximate surface area is 141 Å². The zero-order valence-electron chi connectivity index (χ0n) is 14.1. The second kappa shape index (κ2) is 7.49. The number of amides is 1. The quantitative estimate of drug-likeness (QED) is 0.862. The largest absolute Gasteiger partial charge is 0.380 e. The van der Waals surface area contributed by atoms with Crippen LogP contribution in [0.5, 0.6) is 0 Å². The van der Waals surface area contributed by atoms with Gasteiger partial charge in [-0.05, 0) is 31.9 Å². The number of hydrogen-bond acceptors (Lipinski definition) is 5. The molecule has 126 valence electrons. The minimum absolute atomic E-state index is 0.0533. The van der Waals surface area contributed by atoms with Gasteiger partial charge in [0.25, 0.3) is 5.91 Å². The van der Waals surface area contributed by atoms with Gasteiger partial charge in [0, 0.05) is 50.3 Å². The maximum Gasteiger partial charge on any atom is 0.255 e. The SMILES string of the molecule is COCc1cnc(C)nc1C1CCN(C(=O)c2cccnc2)CC1. The van der Waals surface area contributed by atoms with Crippen molar-refractivity contribution < 1.29 is 9.53 Å². The molecular weight excluding hydrogens is 304 g/mol. The number of aryl methyl sites for hydroxylation is 1. The van der Waals surface area contributed by atoms with E-state index in [2.05, 4.69) is 15.0 Å². The Morgan fingerprint density at radius 2 is 2.12 bits per heavy atom. The number of nitrogens with zero attached hydrogens (tertiary/aromatic N) is 4. The zero-order chi connectivity index (χ0) is 16.9. The molecule has 0 unspecified atom stereocenters. The molecule has 6 nitrogen and oxygen atoms in total. The first kappa shape index (κ1) is 16.5. The van der Waals surface area contributed by atoms with Crippen LogP contribution in [0.2, 0.25) is 0 Å². The summed E-state index contributed by atoms with van der Waals surface area (Å²) >= 11 is 0. The number of carbonyl (C=O) groups excluding carboxylic acids is 1. The Bertz CT molecular complexity index is 697. The van der Waals surface area contributed by atoms with Crippen LogP contribution in [0.4, 0.5) is 0 Å². The minimum atomic E-state index is 0.0533. The van der Waals surface area contributed by atoms with Gasteiger partial charge in [-0.3, -0.25) is 9.78 Å². The van der Waals surface area contributed by atoms with Gasteiger partial charge >= 0.3 is 0 Å². The Hall–Kier alpha value is -2.34. The minimum Gasteiger partial charge on any atom is -0.380 e. The first-order chi connectivity index (χ1) is 11.7. The van der Waals surface area contributed by atoms with Crippen LogP contribution in [0, 0.1) is 6.92 Å². The van der Waals surface area contributed by atoms with E-state index in [4.69, 9.17) is 4.74 Å². The van der Waals surface area contributed by atoms with Gasteiger partial charge < -0.3 is 9.64 Å². The van der Waals surface area contributed by atoms with Crippen molar-refractivity contribution in [2.24, 2.45) is 0 Å². The molecular formula is C18H22N4O2. The van der Waals surface area contributed by atoms with Crippen molar-refractivity contribution in [2.45, 2.75) is 32.3 Å². The van der Waals surface area contributed by atoms with Crippen LogP contribution in [0.3, 0.4) is 0 Å². The molecule has 1 aliphatic rings. The third-order valence-electron chi connectivity index (χ3n) is 4.40. The fourth-order valence-corrected chi connectivity index (χ4v) is 3.16. The van der Waals surface area contributed by atoms with Crippen LogP contribution < -0.4 is 0 Å². The monoisotopic (exact) mass is 326 g/mol. The van der Waals surface area contributed by atoms with Gasteiger partial charge in [-0.1, -0.05) is 0 Å². The van der Waals surface area contributed by atoms with Gasteiger partial charge in [-0.25, -0.2) is 9.97 Å². The second-order valence-corrected chi connectivity index (χ2v) is 6.07. The highest BCUT2D eigenvalue weighted by Crippen LogP contribution is 2.29. The van der Waals surface area contributed by atoms with Crippen LogP contribution in [-0.2, 0) is 11.3 Å². The maximum absolute atomic E-state index is 12.5. The van der Waals surface area contributed by atoms with Crippen molar-refractivity contribution in [3.05, 3.63) is 53.4 Å². The van der Waals surface area contributed by atoms with Gasteiger partial charge in [0.2, 0.25) is 0 Å². The van der Waals surface area contributed by atoms with Gasteiger partial charge in [0.05, 0.1) is 17.9 Å². The molecule has 2 aromatic rings. The molecule has 0 saturated carbocycles. The number of piperidine rings is 1. The summed E-state index contributed by atoms with van der Waals surface area (Å²) < 4.78 is 5.26. The van der Waals surface area contributed by atoms with Gasteiger partial charge in [0.15, 0.2) is 0 Å². The van der Waals surface area contributed by atoms with Crippen molar-refractivity contribution in [1.29, 1.82) is 0 Å². The summed E-state index contributed by atoms with van der Waals surface area (Å²) in [4.78, 5) is 27.3. The maximum atomic E-state index is 12.5. The van der Waals surface area contributed by atoms with E-state index in [1.165, 1.54) is 0 Å². The Balaban J connectivity index is 1.69. The third kappa shape index (κ3) is 3.59. The van der Waals surface area contributed by atoms with Gasteiger partial charge in [-0.2, -0.15) is 0 Å². The van der Waals surface area contributed by atoms with Crippen molar-refractivity contribution in [2.75, 3.05) is 20.2 Å². The summed E-state index contributed by atoms with van der Waals surface area (Å²) in [5.41, 5.74) is 2.76. The topological polar surface area (TPSA) is 68.2 Å². The van der Waals surface area contributed by atoms with E-state index < -0.39 is 0 Å². The molecule has 2 aromatic heterocycles. The Morgan fingerprint density at radius 3 is 2.79 bits per heavy atom. The molecule has 1 aliphatic heterocycles. The summed E-state index contributed by atoms with van der Waals surface area (Å²) in [5.74, 6) is 1.17. The van der Waals surface area contributed by atoms with E-state index in [-0.39, 0.29) is 5.91 Å². The highest BCUT2D eigenvalue weighted by atomic mass is 16.5. The highest BCUT2D eigenvalue weighted by Gasteiger charge is 2.27. The molecule has 0 spiro atoms. The molecule has 6 heteroatoms. The lowest BCUT2D eigenvalue weighted by molar-refractivity contribution is 0.0710. The molecule has 0 aromatic carbocycles. The summed E-state index contributed by atoms with van der Waals surface area (Å²) in [7, 11) is 1.68. The summed E-state index contributed by atoms with van der Waals surface area (Å²) in [6, 6.07) is 3.60. The average molecular weight is 326 g/mol. The zero-order valence-corrected chi connectivity index (χ0v) is 14.1. The lowest BCUT2D eigenvalue weighted by atomic mass is 9.90. The lowest BCUT2D eigenvalue weighted by Crippen LogP contribution is -2.38. The Morgan fingerprint density at radius 1 is 1.33 bits per heavy atom. The summed E-state index contributed by atoms with van der Waals surface area (Å²) in [5, 5.41) is 0. The van der Waals surface area contributed by atoms with E-state index >= 15 is 0 Å². The first-order valence-electron chi connectivity index (χ1n) is 8.19. The Kier molecular flexibility index (Phi) is 5.15. The predicted octanol–water partition coefficient (Wildman–Crippen LogP) is 2.35. The van der Waals surface area contributed by atoms with Gasteiger partial charge in [-0.15, -0.1) is 0 Å². The standard InChI is InChI=1S/C18H22N4O2/c1-13-20-11-16(12-24-2)17(21-13)14-5-8-22(9-6-14)18(23)15-4-3-7-19-10-15/h3-4,7,10-11,14H,5-6,8-9,12H2,1-2H3. The van der Waals surface area contributed by atoms with Crippen LogP contribution in [0.1, 0.15) is 46.2 Å². The van der Waals surface area contributed by atoms with Crippen LogP contribution in [0.25, 0.3) is 0 Å². The number of aromatic nitrogens is 3. The van der Waals surface area contributed by atoms with Crippen molar-refractivity contribution in [1.82, 2.24) is 19.9 Å². The molecule has 1 fully saturated rings. The number of hydrogen-bond donors (Lipinski definition) is 0. The normalized spacial score (nSPS) is 15.5. The molecule has 0 atom stereocenters. The highest BCUT2D eigenvalue weighted by molar-refractivity contribution is 5.93. The molecule has 1 saturated heterocycles. The predicted molar refractivity (Wildman–Crippen MR) is 89.6 cm³/mol. The summed E-state index contributed by atoms with van der Waals surface area (Å²) in [6.07, 6.45) is 6.96. The number of likely N-dealkylation sites (tertiary alicyclic amines) is 1. The smallest absolute Gasteiger partial charge is 0.255 e. The molecule has 0 N–H and O–H groups in total. The molecule has 0 aliphatic carbocycles. The van der Waals surface area contributed by atoms with E-state index in [0.29, 0.717) is 18.1 Å². The van der Waals surface area contributed by atoms with Crippen molar-refractivity contribution >= 4 is 5.91 Å². The van der Waals surface area contributed by atoms with Crippen molar-refractivity contribution in [3.8, 4) is 0 Å². The molecule has 3 rings (SSSR count). The van der Waals surface area contributed by atoms with E-state index in [1.54, 1.807) is 25.6 Å². The van der Waals surface area contributed by atoms with E-state index in [1.807, 2.05) is 24.1 Å². The molecule has 3 heterocycles. The number of pyridine rings is 1. The number of rotatable bonds is 4. The van der Waals surface area contributed by atoms with Crippen LogP contribution >= 0.6 is 0 Å². The third-order valence-corrected chi connectivity index (χ3v) is 4.40. The average Bonchev–Trinajstić information content (AvgIpc) is 2.64. The molecule has 0 bridgehead atoms. The van der Waals surface area contributed by atoms with E-state index in [0.717, 1.165) is 43.0 Å². The fourth-order valence-electron chi connectivity index (χ4n) is 3.16. The second-order valence-electron chi connectivity index (χ2n) is 6.07. The van der Waals surface area contributed by atoms with Crippen LogP contribution in [0.15, 0.2) is 30.7 Å². The van der Waals surface area contributed by atoms with Crippen molar-refractivity contribution in [3.63, 3.8) is 0 Å². The molecule has 0 radical (unpaired) electrons. The fraction of sp³-hybridized carbons (Fsp3) is 0.444. The lowest BCUT2D eigenvalue weighted by Gasteiger charge is -2.32.